The number of rotatable bonds is 2. The summed E-state index contributed by atoms with van der Waals surface area (Å²) in [5.74, 6) is -0.266. The third kappa shape index (κ3) is 2.85. The molecule has 0 aliphatic carbocycles. The third-order valence-electron chi connectivity index (χ3n) is 1.49. The molecular formula is C9H16O2. The lowest BCUT2D eigenvalue weighted by Gasteiger charge is -2.24. The first-order valence-corrected chi connectivity index (χ1v) is 3.64. The van der Waals surface area contributed by atoms with Crippen molar-refractivity contribution in [1.82, 2.24) is 0 Å². The topological polar surface area (TPSA) is 37.3 Å². The van der Waals surface area contributed by atoms with E-state index in [1.807, 2.05) is 20.8 Å². The van der Waals surface area contributed by atoms with Gasteiger partial charge in [-0.25, -0.2) is 0 Å². The van der Waals surface area contributed by atoms with E-state index in [0.717, 1.165) is 0 Å². The zero-order chi connectivity index (χ0) is 9.23. The van der Waals surface area contributed by atoms with Crippen LogP contribution in [0.4, 0.5) is 0 Å². The first-order chi connectivity index (χ1) is 4.76. The highest BCUT2D eigenvalue weighted by molar-refractivity contribution is 5.97. The van der Waals surface area contributed by atoms with Crippen LogP contribution in [0.15, 0.2) is 12.2 Å². The smallest absolute Gasteiger partial charge is 0.186 e. The largest absolute Gasteiger partial charge is 0.384 e. The molecule has 0 saturated carbocycles. The van der Waals surface area contributed by atoms with E-state index < -0.39 is 11.5 Å². The molecule has 0 saturated heterocycles. The fourth-order valence-electron chi connectivity index (χ4n) is 0.627. The van der Waals surface area contributed by atoms with E-state index in [4.69, 9.17) is 0 Å². The molecule has 0 radical (unpaired) electrons. The van der Waals surface area contributed by atoms with Gasteiger partial charge in [0.15, 0.2) is 5.78 Å². The summed E-state index contributed by atoms with van der Waals surface area (Å²) >= 11 is 0. The number of carbonyl (C=O) groups excluding carboxylic acids is 1. The van der Waals surface area contributed by atoms with Crippen molar-refractivity contribution in [2.75, 3.05) is 0 Å². The van der Waals surface area contributed by atoms with Crippen molar-refractivity contribution in [3.05, 3.63) is 12.2 Å². The van der Waals surface area contributed by atoms with Crippen molar-refractivity contribution < 1.29 is 9.90 Å². The molecule has 0 bridgehead atoms. The summed E-state index contributed by atoms with van der Waals surface area (Å²) in [5, 5.41) is 9.41. The van der Waals surface area contributed by atoms with Crippen LogP contribution in [0.5, 0.6) is 0 Å². The molecule has 0 fully saturated rings. The maximum absolute atomic E-state index is 11.1. The second-order valence-corrected chi connectivity index (χ2v) is 3.91. The molecule has 0 aromatic rings. The van der Waals surface area contributed by atoms with Gasteiger partial charge in [-0.05, 0) is 17.9 Å². The standard InChI is InChI=1S/C9H16O2/c1-6(2)7(10)8(11)9(3,4)5/h8,11H,1H2,2-5H3. The van der Waals surface area contributed by atoms with Gasteiger partial charge in [0.25, 0.3) is 0 Å². The number of carbonyl (C=O) groups is 1. The Labute approximate surface area is 67.9 Å². The van der Waals surface area contributed by atoms with Gasteiger partial charge in [-0.3, -0.25) is 4.79 Å². The van der Waals surface area contributed by atoms with Gasteiger partial charge in [-0.2, -0.15) is 0 Å². The van der Waals surface area contributed by atoms with Gasteiger partial charge in [0.05, 0.1) is 0 Å². The molecule has 1 atom stereocenters. The molecule has 0 aliphatic heterocycles. The van der Waals surface area contributed by atoms with Crippen LogP contribution in [0.3, 0.4) is 0 Å². The quantitative estimate of drug-likeness (QED) is 0.616. The maximum Gasteiger partial charge on any atom is 0.186 e. The number of ketones is 1. The lowest BCUT2D eigenvalue weighted by atomic mass is 9.85. The lowest BCUT2D eigenvalue weighted by molar-refractivity contribution is -0.128. The average Bonchev–Trinajstić information content (AvgIpc) is 1.82. The molecule has 11 heavy (non-hydrogen) atoms. The van der Waals surface area contributed by atoms with E-state index in [1.54, 1.807) is 6.92 Å². The zero-order valence-electron chi connectivity index (χ0n) is 7.64. The van der Waals surface area contributed by atoms with Gasteiger partial charge in [-0.1, -0.05) is 27.4 Å². The zero-order valence-corrected chi connectivity index (χ0v) is 7.64. The molecule has 1 unspecified atom stereocenters. The summed E-state index contributed by atoms with van der Waals surface area (Å²) < 4.78 is 0. The number of hydrogen-bond acceptors (Lipinski definition) is 2. The predicted molar refractivity (Wildman–Crippen MR) is 45.3 cm³/mol. The second-order valence-electron chi connectivity index (χ2n) is 3.91. The molecule has 0 aromatic carbocycles. The Balaban J connectivity index is 4.38. The molecule has 2 heteroatoms. The van der Waals surface area contributed by atoms with Crippen LogP contribution < -0.4 is 0 Å². The molecule has 2 nitrogen and oxygen atoms in total. The van der Waals surface area contributed by atoms with Crippen LogP contribution in [-0.2, 0) is 4.79 Å². The minimum absolute atomic E-state index is 0.266. The van der Waals surface area contributed by atoms with E-state index in [9.17, 15) is 9.90 Å². The highest BCUT2D eigenvalue weighted by Gasteiger charge is 2.28. The second kappa shape index (κ2) is 3.18. The molecule has 0 aromatic heterocycles. The molecule has 0 rings (SSSR count). The van der Waals surface area contributed by atoms with Crippen LogP contribution in [0, 0.1) is 5.41 Å². The maximum atomic E-state index is 11.1. The molecule has 0 spiro atoms. The summed E-state index contributed by atoms with van der Waals surface area (Å²) in [6.45, 7) is 10.5. The van der Waals surface area contributed by atoms with Gasteiger partial charge in [0, 0.05) is 0 Å². The van der Waals surface area contributed by atoms with Crippen LogP contribution in [0.2, 0.25) is 0 Å². The van der Waals surface area contributed by atoms with Crippen molar-refractivity contribution in [2.24, 2.45) is 5.41 Å². The number of aliphatic hydroxyl groups excluding tert-OH is 1. The first-order valence-electron chi connectivity index (χ1n) is 3.64. The lowest BCUT2D eigenvalue weighted by Crippen LogP contribution is -2.34. The minimum atomic E-state index is -0.931. The van der Waals surface area contributed by atoms with E-state index in [-0.39, 0.29) is 5.78 Å². The first kappa shape index (κ1) is 10.4. The number of hydrogen-bond donors (Lipinski definition) is 1. The molecule has 0 amide bonds. The van der Waals surface area contributed by atoms with Gasteiger partial charge in [0.2, 0.25) is 0 Å². The van der Waals surface area contributed by atoms with Crippen molar-refractivity contribution in [2.45, 2.75) is 33.8 Å². The van der Waals surface area contributed by atoms with Crippen LogP contribution in [0.1, 0.15) is 27.7 Å². The normalized spacial score (nSPS) is 14.3. The average molecular weight is 156 g/mol. The molecule has 1 N–H and O–H groups in total. The van der Waals surface area contributed by atoms with Crippen LogP contribution in [0.25, 0.3) is 0 Å². The summed E-state index contributed by atoms with van der Waals surface area (Å²) in [6.07, 6.45) is -0.931. The Kier molecular flexibility index (Phi) is 3.00. The third-order valence-corrected chi connectivity index (χ3v) is 1.49. The monoisotopic (exact) mass is 156 g/mol. The summed E-state index contributed by atoms with van der Waals surface area (Å²) in [5.41, 5.74) is 0.0168. The van der Waals surface area contributed by atoms with Crippen molar-refractivity contribution >= 4 is 5.78 Å². The summed E-state index contributed by atoms with van der Waals surface area (Å²) in [7, 11) is 0. The Morgan fingerprint density at radius 3 is 1.91 bits per heavy atom. The molecule has 0 aliphatic rings. The van der Waals surface area contributed by atoms with Gasteiger partial charge >= 0.3 is 0 Å². The fraction of sp³-hybridized carbons (Fsp3) is 0.667. The van der Waals surface area contributed by atoms with Crippen molar-refractivity contribution in [3.8, 4) is 0 Å². The van der Waals surface area contributed by atoms with E-state index in [0.29, 0.717) is 5.57 Å². The molecular weight excluding hydrogens is 140 g/mol. The SMILES string of the molecule is C=C(C)C(=O)C(O)C(C)(C)C. The highest BCUT2D eigenvalue weighted by atomic mass is 16.3. The van der Waals surface area contributed by atoms with E-state index >= 15 is 0 Å². The van der Waals surface area contributed by atoms with E-state index in [1.165, 1.54) is 0 Å². The Hall–Kier alpha value is -0.630. The van der Waals surface area contributed by atoms with Gasteiger partial charge < -0.3 is 5.11 Å². The predicted octanol–water partition coefficient (Wildman–Crippen LogP) is 1.54. The minimum Gasteiger partial charge on any atom is -0.384 e. The van der Waals surface area contributed by atoms with Gasteiger partial charge in [0.1, 0.15) is 6.10 Å². The van der Waals surface area contributed by atoms with Crippen molar-refractivity contribution in [3.63, 3.8) is 0 Å². The molecule has 0 heterocycles. The Morgan fingerprint density at radius 2 is 1.82 bits per heavy atom. The van der Waals surface area contributed by atoms with Gasteiger partial charge in [-0.15, -0.1) is 0 Å². The van der Waals surface area contributed by atoms with Crippen LogP contribution in [-0.4, -0.2) is 17.0 Å². The Bertz CT molecular complexity index is 174. The van der Waals surface area contributed by atoms with Crippen molar-refractivity contribution in [1.29, 1.82) is 0 Å². The van der Waals surface area contributed by atoms with E-state index in [2.05, 4.69) is 6.58 Å². The summed E-state index contributed by atoms with van der Waals surface area (Å²) in [4.78, 5) is 11.1. The fourth-order valence-corrected chi connectivity index (χ4v) is 0.627. The van der Waals surface area contributed by atoms with Crippen LogP contribution >= 0.6 is 0 Å². The number of Topliss-reactive ketones (excluding diaryl/α,β-unsaturated/α-hetero) is 1. The number of aliphatic hydroxyl groups is 1. The molecule has 64 valence electrons. The summed E-state index contributed by atoms with van der Waals surface area (Å²) in [6, 6.07) is 0. The highest BCUT2D eigenvalue weighted by Crippen LogP contribution is 2.21. The Morgan fingerprint density at radius 1 is 1.45 bits per heavy atom.